The van der Waals surface area contributed by atoms with Gasteiger partial charge in [0.1, 0.15) is 16.9 Å². The van der Waals surface area contributed by atoms with Gasteiger partial charge < -0.3 is 5.73 Å². The first-order valence-corrected chi connectivity index (χ1v) is 7.92. The second-order valence-electron chi connectivity index (χ2n) is 4.96. The molecule has 3 rings (SSSR count). The van der Waals surface area contributed by atoms with Crippen LogP contribution >= 0.6 is 0 Å². The van der Waals surface area contributed by atoms with E-state index in [1.807, 2.05) is 0 Å². The van der Waals surface area contributed by atoms with Gasteiger partial charge in [0.25, 0.3) is 0 Å². The molecular formula is C12H12FN5O3S. The van der Waals surface area contributed by atoms with Gasteiger partial charge in [-0.05, 0) is 12.1 Å². The van der Waals surface area contributed by atoms with Gasteiger partial charge in [0.2, 0.25) is 21.9 Å². The van der Waals surface area contributed by atoms with E-state index in [1.165, 1.54) is 18.2 Å². The van der Waals surface area contributed by atoms with Crippen molar-refractivity contribution in [1.29, 1.82) is 0 Å². The van der Waals surface area contributed by atoms with Gasteiger partial charge >= 0.3 is 0 Å². The van der Waals surface area contributed by atoms with Crippen molar-refractivity contribution < 1.29 is 17.6 Å². The molecule has 10 heteroatoms. The zero-order valence-corrected chi connectivity index (χ0v) is 12.0. The minimum Gasteiger partial charge on any atom is -0.383 e. The van der Waals surface area contributed by atoms with Crippen molar-refractivity contribution in [3.8, 4) is 0 Å². The van der Waals surface area contributed by atoms with Gasteiger partial charge in [-0.2, -0.15) is 4.98 Å². The summed E-state index contributed by atoms with van der Waals surface area (Å²) in [6.45, 7) is -0.155. The van der Waals surface area contributed by atoms with Crippen LogP contribution in [0.3, 0.4) is 0 Å². The Kier molecular flexibility index (Phi) is 3.22. The number of hydrogen-bond donors (Lipinski definition) is 2. The van der Waals surface area contributed by atoms with Crippen molar-refractivity contribution >= 4 is 38.6 Å². The number of primary sulfonamides is 1. The van der Waals surface area contributed by atoms with Crippen molar-refractivity contribution in [2.45, 2.75) is 11.7 Å². The summed E-state index contributed by atoms with van der Waals surface area (Å²) in [6, 6.07) is 4.20. The molecule has 2 heterocycles. The predicted octanol–water partition coefficient (Wildman–Crippen LogP) is -0.255. The summed E-state index contributed by atoms with van der Waals surface area (Å²) >= 11 is 0. The van der Waals surface area contributed by atoms with E-state index in [0.717, 1.165) is 4.90 Å². The average molecular weight is 325 g/mol. The van der Waals surface area contributed by atoms with Crippen LogP contribution < -0.4 is 15.8 Å². The molecule has 1 aromatic carbocycles. The summed E-state index contributed by atoms with van der Waals surface area (Å²) in [4.78, 5) is 21.0. The molecule has 22 heavy (non-hydrogen) atoms. The van der Waals surface area contributed by atoms with Crippen molar-refractivity contribution in [2.75, 3.05) is 17.2 Å². The monoisotopic (exact) mass is 325 g/mol. The molecule has 0 saturated carbocycles. The Hall–Kier alpha value is -2.33. The summed E-state index contributed by atoms with van der Waals surface area (Å²) in [5.74, 6) is -1.23. The lowest BCUT2D eigenvalue weighted by atomic mass is 10.2. The van der Waals surface area contributed by atoms with Crippen molar-refractivity contribution in [3.63, 3.8) is 0 Å². The van der Waals surface area contributed by atoms with Crippen molar-refractivity contribution in [3.05, 3.63) is 24.0 Å². The second kappa shape index (κ2) is 4.85. The number of aromatic nitrogens is 2. The fourth-order valence-corrected chi connectivity index (χ4v) is 3.10. The molecule has 0 spiro atoms. The third-order valence-electron chi connectivity index (χ3n) is 3.48. The number of amides is 1. The molecule has 8 nitrogen and oxygen atoms in total. The molecule has 0 radical (unpaired) electrons. The number of carbonyl (C=O) groups is 1. The number of nitrogens with zero attached hydrogens (tertiary/aromatic N) is 3. The first kappa shape index (κ1) is 14.6. The fourth-order valence-electron chi connectivity index (χ4n) is 2.36. The third-order valence-corrected chi connectivity index (χ3v) is 4.73. The Morgan fingerprint density at radius 1 is 1.32 bits per heavy atom. The van der Waals surface area contributed by atoms with Crippen LogP contribution in [-0.2, 0) is 14.8 Å². The van der Waals surface area contributed by atoms with Crippen LogP contribution in [0, 0.1) is 5.82 Å². The highest BCUT2D eigenvalue weighted by atomic mass is 32.2. The number of nitrogen functional groups attached to an aromatic ring is 1. The largest absolute Gasteiger partial charge is 0.383 e. The maximum absolute atomic E-state index is 13.7. The number of benzene rings is 1. The van der Waals surface area contributed by atoms with Gasteiger partial charge in [0.05, 0.1) is 10.9 Å². The number of hydrogen-bond acceptors (Lipinski definition) is 6. The van der Waals surface area contributed by atoms with Gasteiger partial charge in [-0.25, -0.2) is 22.9 Å². The third kappa shape index (κ3) is 2.35. The molecular weight excluding hydrogens is 313 g/mol. The van der Waals surface area contributed by atoms with Crippen LogP contribution in [0.1, 0.15) is 6.42 Å². The summed E-state index contributed by atoms with van der Waals surface area (Å²) in [6.07, 6.45) is -0.247. The standard InChI is InChI=1S/C12H12FN5O3S/c13-7-2-1-3-8-10(7)11(14)17-12(16-8)18-5-6(4-9(18)19)22(15,20)21/h1-3,6H,4-5H2,(H2,14,16,17)(H2,15,20,21). The molecule has 2 aromatic rings. The Bertz CT molecular complexity index is 886. The highest BCUT2D eigenvalue weighted by Gasteiger charge is 2.38. The van der Waals surface area contributed by atoms with E-state index in [1.54, 1.807) is 0 Å². The number of halogens is 1. The normalized spacial score (nSPS) is 19.1. The Morgan fingerprint density at radius 3 is 2.68 bits per heavy atom. The Balaban J connectivity index is 2.06. The number of rotatable bonds is 2. The molecule has 1 amide bonds. The topological polar surface area (TPSA) is 132 Å². The van der Waals surface area contributed by atoms with Crippen LogP contribution in [-0.4, -0.2) is 36.1 Å². The Labute approximate surface area is 125 Å². The molecule has 116 valence electrons. The number of carbonyl (C=O) groups excluding carboxylic acids is 1. The molecule has 1 unspecified atom stereocenters. The van der Waals surface area contributed by atoms with E-state index in [-0.39, 0.29) is 35.6 Å². The van der Waals surface area contributed by atoms with E-state index in [9.17, 15) is 17.6 Å². The summed E-state index contributed by atoms with van der Waals surface area (Å²) < 4.78 is 36.4. The fraction of sp³-hybridized carbons (Fsp3) is 0.250. The molecule has 0 bridgehead atoms. The number of sulfonamides is 1. The second-order valence-corrected chi connectivity index (χ2v) is 6.81. The van der Waals surface area contributed by atoms with Crippen LogP contribution in [0.2, 0.25) is 0 Å². The van der Waals surface area contributed by atoms with Gasteiger partial charge in [-0.1, -0.05) is 6.07 Å². The minimum atomic E-state index is -3.85. The van der Waals surface area contributed by atoms with E-state index in [0.29, 0.717) is 0 Å². The van der Waals surface area contributed by atoms with E-state index in [4.69, 9.17) is 10.9 Å². The maximum atomic E-state index is 13.7. The minimum absolute atomic E-state index is 0.0564. The molecule has 1 atom stereocenters. The molecule has 0 aliphatic carbocycles. The summed E-state index contributed by atoms with van der Waals surface area (Å²) in [5, 5.41) is 4.10. The average Bonchev–Trinajstić information content (AvgIpc) is 2.80. The van der Waals surface area contributed by atoms with Gasteiger partial charge in [0, 0.05) is 13.0 Å². The lowest BCUT2D eigenvalue weighted by Crippen LogP contribution is -2.32. The van der Waals surface area contributed by atoms with Crippen LogP contribution in [0.4, 0.5) is 16.2 Å². The molecule has 1 aromatic heterocycles. The maximum Gasteiger partial charge on any atom is 0.234 e. The molecule has 1 aliphatic heterocycles. The van der Waals surface area contributed by atoms with Crippen LogP contribution in [0.25, 0.3) is 10.9 Å². The van der Waals surface area contributed by atoms with Crippen LogP contribution in [0.5, 0.6) is 0 Å². The Morgan fingerprint density at radius 2 is 2.05 bits per heavy atom. The van der Waals surface area contributed by atoms with Crippen molar-refractivity contribution in [1.82, 2.24) is 9.97 Å². The summed E-state index contributed by atoms with van der Waals surface area (Å²) in [7, 11) is -3.85. The van der Waals surface area contributed by atoms with E-state index < -0.39 is 27.0 Å². The predicted molar refractivity (Wildman–Crippen MR) is 77.8 cm³/mol. The van der Waals surface area contributed by atoms with Gasteiger partial charge in [0.15, 0.2) is 0 Å². The first-order valence-electron chi connectivity index (χ1n) is 6.31. The lowest BCUT2D eigenvalue weighted by molar-refractivity contribution is -0.117. The zero-order chi connectivity index (χ0) is 16.1. The smallest absolute Gasteiger partial charge is 0.234 e. The van der Waals surface area contributed by atoms with Gasteiger partial charge in [-0.3, -0.25) is 9.69 Å². The molecule has 1 saturated heterocycles. The van der Waals surface area contributed by atoms with Crippen LogP contribution in [0.15, 0.2) is 18.2 Å². The first-order chi connectivity index (χ1) is 10.3. The van der Waals surface area contributed by atoms with E-state index in [2.05, 4.69) is 9.97 Å². The van der Waals surface area contributed by atoms with Crippen molar-refractivity contribution in [2.24, 2.45) is 5.14 Å². The molecule has 1 aliphatic rings. The number of nitrogens with two attached hydrogens (primary N) is 2. The number of anilines is 2. The van der Waals surface area contributed by atoms with Gasteiger partial charge in [-0.15, -0.1) is 0 Å². The number of fused-ring (bicyclic) bond motifs is 1. The molecule has 1 fully saturated rings. The SMILES string of the molecule is Nc1nc(N2CC(S(N)(=O)=O)CC2=O)nc2cccc(F)c12. The highest BCUT2D eigenvalue weighted by Crippen LogP contribution is 2.27. The van der Waals surface area contributed by atoms with E-state index >= 15 is 0 Å². The quantitative estimate of drug-likeness (QED) is 0.782. The molecule has 4 N–H and O–H groups in total. The zero-order valence-electron chi connectivity index (χ0n) is 11.2. The highest BCUT2D eigenvalue weighted by molar-refractivity contribution is 7.89. The summed E-state index contributed by atoms with van der Waals surface area (Å²) in [5.41, 5.74) is 5.95. The lowest BCUT2D eigenvalue weighted by Gasteiger charge is -2.15.